The summed E-state index contributed by atoms with van der Waals surface area (Å²) < 4.78 is 1.38. The number of carbonyl (C=O) groups is 1. The van der Waals surface area contributed by atoms with Gasteiger partial charge in [-0.1, -0.05) is 6.07 Å². The van der Waals surface area contributed by atoms with Gasteiger partial charge < -0.3 is 5.32 Å². The summed E-state index contributed by atoms with van der Waals surface area (Å²) in [5.74, 6) is -0.407. The van der Waals surface area contributed by atoms with E-state index in [0.717, 1.165) is 10.9 Å². The molecule has 3 aromatic heterocycles. The van der Waals surface area contributed by atoms with Crippen molar-refractivity contribution in [1.82, 2.24) is 19.9 Å². The van der Waals surface area contributed by atoms with Gasteiger partial charge in [0, 0.05) is 37.6 Å². The molecule has 1 amide bonds. The van der Waals surface area contributed by atoms with Crippen molar-refractivity contribution < 1.29 is 4.79 Å². The van der Waals surface area contributed by atoms with Gasteiger partial charge in [0.2, 0.25) is 0 Å². The number of nitrogens with zero attached hydrogens (tertiary/aromatic N) is 3. The van der Waals surface area contributed by atoms with Crippen LogP contribution in [0.5, 0.6) is 0 Å². The van der Waals surface area contributed by atoms with Gasteiger partial charge in [0.05, 0.1) is 0 Å². The molecule has 110 valence electrons. The van der Waals surface area contributed by atoms with Crippen molar-refractivity contribution in [2.45, 2.75) is 6.54 Å². The Labute approximate surface area is 126 Å². The molecule has 3 heterocycles. The molecule has 6 heteroatoms. The summed E-state index contributed by atoms with van der Waals surface area (Å²) in [6, 6.07) is 8.81. The summed E-state index contributed by atoms with van der Waals surface area (Å²) in [5.41, 5.74) is 1.16. The Balaban J connectivity index is 1.91. The molecule has 3 rings (SSSR count). The quantitative estimate of drug-likeness (QED) is 0.789. The molecule has 0 saturated carbocycles. The normalized spacial score (nSPS) is 10.6. The van der Waals surface area contributed by atoms with E-state index in [0.29, 0.717) is 12.2 Å². The molecule has 0 fully saturated rings. The Kier molecular flexibility index (Phi) is 3.65. The zero-order valence-corrected chi connectivity index (χ0v) is 12.0. The van der Waals surface area contributed by atoms with Crippen LogP contribution in [0.3, 0.4) is 0 Å². The van der Waals surface area contributed by atoms with E-state index < -0.39 is 5.91 Å². The van der Waals surface area contributed by atoms with E-state index in [1.165, 1.54) is 4.57 Å². The minimum absolute atomic E-state index is 0.104. The topological polar surface area (TPSA) is 76.9 Å². The average Bonchev–Trinajstić information content (AvgIpc) is 2.57. The van der Waals surface area contributed by atoms with Gasteiger partial charge in [-0.2, -0.15) is 0 Å². The van der Waals surface area contributed by atoms with E-state index in [-0.39, 0.29) is 11.1 Å². The lowest BCUT2D eigenvalue weighted by Crippen LogP contribution is -2.32. The van der Waals surface area contributed by atoms with Crippen molar-refractivity contribution in [2.24, 2.45) is 7.05 Å². The first kappa shape index (κ1) is 13.9. The van der Waals surface area contributed by atoms with Crippen LogP contribution in [0.2, 0.25) is 0 Å². The number of carbonyl (C=O) groups excluding carboxylic acids is 1. The molecule has 0 radical (unpaired) electrons. The van der Waals surface area contributed by atoms with Crippen LogP contribution in [0.25, 0.3) is 11.0 Å². The Morgan fingerprint density at radius 1 is 1.27 bits per heavy atom. The van der Waals surface area contributed by atoms with E-state index in [9.17, 15) is 9.59 Å². The highest BCUT2D eigenvalue weighted by molar-refractivity contribution is 5.96. The van der Waals surface area contributed by atoms with E-state index in [4.69, 9.17) is 0 Å². The van der Waals surface area contributed by atoms with Crippen molar-refractivity contribution in [3.05, 3.63) is 70.4 Å². The summed E-state index contributed by atoms with van der Waals surface area (Å²) in [6.07, 6.45) is 4.95. The van der Waals surface area contributed by atoms with Crippen LogP contribution in [0.1, 0.15) is 15.9 Å². The van der Waals surface area contributed by atoms with E-state index >= 15 is 0 Å². The zero-order valence-electron chi connectivity index (χ0n) is 12.0. The van der Waals surface area contributed by atoms with Crippen LogP contribution >= 0.6 is 0 Å². The van der Waals surface area contributed by atoms with Crippen LogP contribution in [-0.4, -0.2) is 20.4 Å². The smallest absolute Gasteiger partial charge is 0.264 e. The van der Waals surface area contributed by atoms with Crippen LogP contribution in [0.15, 0.2) is 53.7 Å². The first-order valence-electron chi connectivity index (χ1n) is 6.78. The third-order valence-corrected chi connectivity index (χ3v) is 3.39. The second-order valence-electron chi connectivity index (χ2n) is 4.88. The lowest BCUT2D eigenvalue weighted by Gasteiger charge is -2.08. The molecule has 0 saturated heterocycles. The Hall–Kier alpha value is -3.02. The van der Waals surface area contributed by atoms with Crippen molar-refractivity contribution in [3.8, 4) is 0 Å². The molecule has 0 atom stereocenters. The third kappa shape index (κ3) is 2.58. The highest BCUT2D eigenvalue weighted by Gasteiger charge is 2.14. The molecule has 0 bridgehead atoms. The number of amides is 1. The number of aromatic nitrogens is 3. The van der Waals surface area contributed by atoms with Gasteiger partial charge in [-0.25, -0.2) is 4.98 Å². The molecule has 0 unspecified atom stereocenters. The predicted octanol–water partition coefficient (Wildman–Crippen LogP) is 1.26. The molecule has 0 aliphatic heterocycles. The van der Waals surface area contributed by atoms with Crippen molar-refractivity contribution in [2.75, 3.05) is 0 Å². The van der Waals surface area contributed by atoms with Crippen molar-refractivity contribution >= 4 is 16.9 Å². The number of rotatable bonds is 3. The van der Waals surface area contributed by atoms with Gasteiger partial charge in [-0.3, -0.25) is 19.1 Å². The molecule has 0 aromatic carbocycles. The lowest BCUT2D eigenvalue weighted by atomic mass is 10.2. The Morgan fingerprint density at radius 3 is 2.86 bits per heavy atom. The first-order valence-corrected chi connectivity index (χ1v) is 6.78. The standard InChI is InChI=1S/C16H14N4O2/c1-20-14-12(5-3-7-18-14)8-13(16(20)22)15(21)19-10-11-4-2-6-17-9-11/h2-9H,10H2,1H3,(H,19,21). The maximum Gasteiger partial charge on any atom is 0.264 e. The highest BCUT2D eigenvalue weighted by atomic mass is 16.2. The second-order valence-corrected chi connectivity index (χ2v) is 4.88. The van der Waals surface area contributed by atoms with E-state index in [1.54, 1.807) is 43.8 Å². The largest absolute Gasteiger partial charge is 0.348 e. The number of aryl methyl sites for hydroxylation is 1. The van der Waals surface area contributed by atoms with Gasteiger partial charge >= 0.3 is 0 Å². The second kappa shape index (κ2) is 5.77. The average molecular weight is 294 g/mol. The van der Waals surface area contributed by atoms with Crippen LogP contribution in [0, 0.1) is 0 Å². The summed E-state index contributed by atoms with van der Waals surface area (Å²) in [4.78, 5) is 32.7. The predicted molar refractivity (Wildman–Crippen MR) is 82.4 cm³/mol. The third-order valence-electron chi connectivity index (χ3n) is 3.39. The monoisotopic (exact) mass is 294 g/mol. The minimum atomic E-state index is -0.407. The molecule has 0 aliphatic rings. The van der Waals surface area contributed by atoms with Gasteiger partial charge in [-0.15, -0.1) is 0 Å². The molecule has 3 aromatic rings. The van der Waals surface area contributed by atoms with Crippen molar-refractivity contribution in [3.63, 3.8) is 0 Å². The van der Waals surface area contributed by atoms with Gasteiger partial charge in [0.25, 0.3) is 11.5 Å². The maximum atomic E-state index is 12.3. The Bertz CT molecular complexity index is 888. The van der Waals surface area contributed by atoms with Crippen LogP contribution in [0.4, 0.5) is 0 Å². The van der Waals surface area contributed by atoms with E-state index in [2.05, 4.69) is 15.3 Å². The molecule has 0 spiro atoms. The molecular formula is C16H14N4O2. The fourth-order valence-corrected chi connectivity index (χ4v) is 2.24. The Morgan fingerprint density at radius 2 is 2.09 bits per heavy atom. The lowest BCUT2D eigenvalue weighted by molar-refractivity contribution is 0.0949. The molecular weight excluding hydrogens is 280 g/mol. The van der Waals surface area contributed by atoms with Crippen LogP contribution in [-0.2, 0) is 13.6 Å². The van der Waals surface area contributed by atoms with Gasteiger partial charge in [0.1, 0.15) is 11.2 Å². The zero-order chi connectivity index (χ0) is 15.5. The number of hydrogen-bond acceptors (Lipinski definition) is 4. The molecule has 6 nitrogen and oxygen atoms in total. The highest BCUT2D eigenvalue weighted by Crippen LogP contribution is 2.09. The summed E-state index contributed by atoms with van der Waals surface area (Å²) in [7, 11) is 1.61. The molecule has 1 N–H and O–H groups in total. The maximum absolute atomic E-state index is 12.3. The SMILES string of the molecule is Cn1c(=O)c(C(=O)NCc2cccnc2)cc2cccnc21. The van der Waals surface area contributed by atoms with E-state index in [1.807, 2.05) is 12.1 Å². The van der Waals surface area contributed by atoms with Crippen LogP contribution < -0.4 is 10.9 Å². The van der Waals surface area contributed by atoms with Gasteiger partial charge in [-0.05, 0) is 29.8 Å². The summed E-state index contributed by atoms with van der Waals surface area (Å²) in [6.45, 7) is 0.320. The van der Waals surface area contributed by atoms with Gasteiger partial charge in [0.15, 0.2) is 0 Å². The number of pyridine rings is 3. The molecule has 22 heavy (non-hydrogen) atoms. The fraction of sp³-hybridized carbons (Fsp3) is 0.125. The minimum Gasteiger partial charge on any atom is -0.348 e. The van der Waals surface area contributed by atoms with Crippen molar-refractivity contribution in [1.29, 1.82) is 0 Å². The first-order chi connectivity index (χ1) is 10.7. The fourth-order valence-electron chi connectivity index (χ4n) is 2.24. The summed E-state index contributed by atoms with van der Waals surface area (Å²) >= 11 is 0. The molecule has 0 aliphatic carbocycles. The number of nitrogens with one attached hydrogen (secondary N) is 1. The number of hydrogen-bond donors (Lipinski definition) is 1. The number of fused-ring (bicyclic) bond motifs is 1. The summed E-state index contributed by atoms with van der Waals surface area (Å²) in [5, 5.41) is 3.48.